The highest BCUT2D eigenvalue weighted by atomic mass is 16.5. The number of rotatable bonds is 6. The number of H-pyrrole nitrogens is 1. The molecule has 7 nitrogen and oxygen atoms in total. The van der Waals surface area contributed by atoms with Gasteiger partial charge in [-0.05, 0) is 18.4 Å². The molecule has 1 aromatic carbocycles. The number of nitrogens with one attached hydrogen (secondary N) is 2. The van der Waals surface area contributed by atoms with Gasteiger partial charge in [-0.2, -0.15) is 0 Å². The number of aromatic amines is 1. The summed E-state index contributed by atoms with van der Waals surface area (Å²) < 4.78 is 5.24. The summed E-state index contributed by atoms with van der Waals surface area (Å²) in [6.07, 6.45) is 4.97. The van der Waals surface area contributed by atoms with Crippen LogP contribution in [0.1, 0.15) is 24.1 Å². The largest absolute Gasteiger partial charge is 0.445 e. The lowest BCUT2D eigenvalue weighted by Gasteiger charge is -2.23. The van der Waals surface area contributed by atoms with Crippen molar-refractivity contribution >= 4 is 12.0 Å². The molecule has 1 aliphatic heterocycles. The highest BCUT2D eigenvalue weighted by Gasteiger charge is 2.28. The van der Waals surface area contributed by atoms with E-state index in [0.29, 0.717) is 6.42 Å². The number of aromatic nitrogens is 2. The summed E-state index contributed by atoms with van der Waals surface area (Å²) in [4.78, 5) is 33.6. The lowest BCUT2D eigenvalue weighted by molar-refractivity contribution is -0.132. The fourth-order valence-electron chi connectivity index (χ4n) is 2.88. The quantitative estimate of drug-likeness (QED) is 0.839. The van der Waals surface area contributed by atoms with Crippen LogP contribution in [-0.4, -0.2) is 46.0 Å². The average molecular weight is 342 g/mol. The van der Waals surface area contributed by atoms with Gasteiger partial charge < -0.3 is 19.9 Å². The Kier molecular flexibility index (Phi) is 5.66. The van der Waals surface area contributed by atoms with Gasteiger partial charge in [-0.15, -0.1) is 0 Å². The van der Waals surface area contributed by atoms with E-state index in [0.717, 1.165) is 37.2 Å². The summed E-state index contributed by atoms with van der Waals surface area (Å²) >= 11 is 0. The van der Waals surface area contributed by atoms with Gasteiger partial charge in [0.1, 0.15) is 12.6 Å². The molecule has 25 heavy (non-hydrogen) atoms. The van der Waals surface area contributed by atoms with Crippen LogP contribution < -0.4 is 5.32 Å². The van der Waals surface area contributed by atoms with Crippen molar-refractivity contribution < 1.29 is 14.3 Å². The monoisotopic (exact) mass is 342 g/mol. The van der Waals surface area contributed by atoms with Crippen molar-refractivity contribution in [3.8, 4) is 0 Å². The summed E-state index contributed by atoms with van der Waals surface area (Å²) in [6, 6.07) is 8.76. The molecule has 1 fully saturated rings. The van der Waals surface area contributed by atoms with Crippen molar-refractivity contribution in [2.24, 2.45) is 0 Å². The number of imidazole rings is 1. The zero-order valence-corrected chi connectivity index (χ0v) is 14.0. The fourth-order valence-corrected chi connectivity index (χ4v) is 2.88. The molecule has 1 atom stereocenters. The molecular formula is C18H22N4O3. The van der Waals surface area contributed by atoms with Crippen molar-refractivity contribution in [3.63, 3.8) is 0 Å². The van der Waals surface area contributed by atoms with E-state index >= 15 is 0 Å². The number of ether oxygens (including phenoxy) is 1. The number of amides is 2. The third kappa shape index (κ3) is 4.82. The molecular weight excluding hydrogens is 320 g/mol. The standard InChI is InChI=1S/C18H22N4O3/c23-17(22-8-4-5-9-22)16(10-15-11-19-13-20-15)21-18(24)25-12-14-6-2-1-3-7-14/h1-3,6-7,11,13,16H,4-5,8-10,12H2,(H,19,20)(H,21,24)/t16-/m0/s1. The van der Waals surface area contributed by atoms with E-state index in [-0.39, 0.29) is 12.5 Å². The van der Waals surface area contributed by atoms with Gasteiger partial charge in [-0.3, -0.25) is 4.79 Å². The molecule has 2 amide bonds. The number of hydrogen-bond acceptors (Lipinski definition) is 4. The van der Waals surface area contributed by atoms with Crippen LogP contribution in [0.3, 0.4) is 0 Å². The molecule has 0 spiro atoms. The van der Waals surface area contributed by atoms with Crippen LogP contribution in [0.25, 0.3) is 0 Å². The van der Waals surface area contributed by atoms with E-state index in [9.17, 15) is 9.59 Å². The summed E-state index contributed by atoms with van der Waals surface area (Å²) in [5.41, 5.74) is 1.69. The Morgan fingerprint density at radius 2 is 2.00 bits per heavy atom. The van der Waals surface area contributed by atoms with Crippen LogP contribution in [0.5, 0.6) is 0 Å². The molecule has 0 unspecified atom stereocenters. The van der Waals surface area contributed by atoms with Gasteiger partial charge in [0.25, 0.3) is 0 Å². The van der Waals surface area contributed by atoms with Gasteiger partial charge in [-0.1, -0.05) is 30.3 Å². The lowest BCUT2D eigenvalue weighted by atomic mass is 10.1. The van der Waals surface area contributed by atoms with Crippen LogP contribution in [0, 0.1) is 0 Å². The molecule has 0 radical (unpaired) electrons. The molecule has 2 aromatic rings. The van der Waals surface area contributed by atoms with Crippen molar-refractivity contribution in [3.05, 3.63) is 54.1 Å². The van der Waals surface area contributed by atoms with E-state index < -0.39 is 12.1 Å². The minimum absolute atomic E-state index is 0.0799. The second-order valence-corrected chi connectivity index (χ2v) is 6.07. The van der Waals surface area contributed by atoms with E-state index in [1.54, 1.807) is 17.4 Å². The van der Waals surface area contributed by atoms with Crippen molar-refractivity contribution in [2.75, 3.05) is 13.1 Å². The summed E-state index contributed by atoms with van der Waals surface area (Å²) in [7, 11) is 0. The van der Waals surface area contributed by atoms with E-state index in [1.807, 2.05) is 30.3 Å². The Morgan fingerprint density at radius 3 is 2.68 bits per heavy atom. The average Bonchev–Trinajstić information content (AvgIpc) is 3.33. The molecule has 0 saturated carbocycles. The zero-order valence-electron chi connectivity index (χ0n) is 14.0. The SMILES string of the molecule is O=C(N[C@@H](Cc1cnc[nH]1)C(=O)N1CCCC1)OCc1ccccc1. The third-order valence-electron chi connectivity index (χ3n) is 4.20. The first-order chi connectivity index (χ1) is 12.2. The maximum atomic E-state index is 12.7. The molecule has 1 aliphatic rings. The number of hydrogen-bond donors (Lipinski definition) is 2. The highest BCUT2D eigenvalue weighted by Crippen LogP contribution is 2.11. The molecule has 7 heteroatoms. The zero-order chi connectivity index (χ0) is 17.5. The molecule has 3 rings (SSSR count). The predicted octanol–water partition coefficient (Wildman–Crippen LogP) is 1.87. The lowest BCUT2D eigenvalue weighted by Crippen LogP contribution is -2.49. The smallest absolute Gasteiger partial charge is 0.408 e. The van der Waals surface area contributed by atoms with Crippen LogP contribution in [0.4, 0.5) is 4.79 Å². The first-order valence-electron chi connectivity index (χ1n) is 8.45. The van der Waals surface area contributed by atoms with Crippen molar-refractivity contribution in [1.82, 2.24) is 20.2 Å². The van der Waals surface area contributed by atoms with Crippen molar-refractivity contribution in [2.45, 2.75) is 31.9 Å². The fraction of sp³-hybridized carbons (Fsp3) is 0.389. The highest BCUT2D eigenvalue weighted by molar-refractivity contribution is 5.86. The molecule has 0 aliphatic carbocycles. The molecule has 2 heterocycles. The number of benzene rings is 1. The van der Waals surface area contributed by atoms with Gasteiger partial charge >= 0.3 is 6.09 Å². The van der Waals surface area contributed by atoms with Crippen LogP contribution in [0.2, 0.25) is 0 Å². The van der Waals surface area contributed by atoms with E-state index in [1.165, 1.54) is 0 Å². The Morgan fingerprint density at radius 1 is 1.24 bits per heavy atom. The maximum Gasteiger partial charge on any atom is 0.408 e. The number of likely N-dealkylation sites (tertiary alicyclic amines) is 1. The summed E-state index contributed by atoms with van der Waals surface area (Å²) in [6.45, 7) is 1.64. The van der Waals surface area contributed by atoms with Crippen LogP contribution in [0.15, 0.2) is 42.9 Å². The Balaban J connectivity index is 1.59. The Bertz CT molecular complexity index is 682. The normalized spacial score (nSPS) is 15.0. The van der Waals surface area contributed by atoms with Gasteiger partial charge in [0.2, 0.25) is 5.91 Å². The first-order valence-corrected chi connectivity index (χ1v) is 8.45. The summed E-state index contributed by atoms with van der Waals surface area (Å²) in [5.74, 6) is -0.0799. The second kappa shape index (κ2) is 8.32. The van der Waals surface area contributed by atoms with E-state index in [2.05, 4.69) is 15.3 Å². The third-order valence-corrected chi connectivity index (χ3v) is 4.20. The molecule has 0 bridgehead atoms. The van der Waals surface area contributed by atoms with Crippen LogP contribution >= 0.6 is 0 Å². The number of nitrogens with zero attached hydrogens (tertiary/aromatic N) is 2. The van der Waals surface area contributed by atoms with Gasteiger partial charge in [0, 0.05) is 31.4 Å². The Labute approximate surface area is 146 Å². The minimum atomic E-state index is -0.665. The molecule has 1 saturated heterocycles. The van der Waals surface area contributed by atoms with E-state index in [4.69, 9.17) is 4.74 Å². The Hall–Kier alpha value is -2.83. The predicted molar refractivity (Wildman–Crippen MR) is 91.7 cm³/mol. The summed E-state index contributed by atoms with van der Waals surface area (Å²) in [5, 5.41) is 2.70. The van der Waals surface area contributed by atoms with Gasteiger partial charge in [-0.25, -0.2) is 9.78 Å². The van der Waals surface area contributed by atoms with Gasteiger partial charge in [0.05, 0.1) is 6.33 Å². The molecule has 132 valence electrons. The topological polar surface area (TPSA) is 87.3 Å². The molecule has 2 N–H and O–H groups in total. The number of alkyl carbamates (subject to hydrolysis) is 1. The first kappa shape index (κ1) is 17.0. The van der Waals surface area contributed by atoms with Crippen LogP contribution in [-0.2, 0) is 22.6 Å². The van der Waals surface area contributed by atoms with Crippen molar-refractivity contribution in [1.29, 1.82) is 0 Å². The maximum absolute atomic E-state index is 12.7. The minimum Gasteiger partial charge on any atom is -0.445 e. The number of carbonyl (C=O) groups is 2. The second-order valence-electron chi connectivity index (χ2n) is 6.07. The number of carbonyl (C=O) groups excluding carboxylic acids is 2. The molecule has 1 aromatic heterocycles. The van der Waals surface area contributed by atoms with Gasteiger partial charge in [0.15, 0.2) is 0 Å².